The van der Waals surface area contributed by atoms with E-state index in [9.17, 15) is 9.59 Å². The van der Waals surface area contributed by atoms with Gasteiger partial charge in [-0.3, -0.25) is 14.7 Å². The van der Waals surface area contributed by atoms with Crippen LogP contribution < -0.4 is 25.6 Å². The molecule has 37 heavy (non-hydrogen) atoms. The molecule has 0 radical (unpaired) electrons. The first-order chi connectivity index (χ1) is 18.1. The minimum absolute atomic E-state index is 0.0329. The van der Waals surface area contributed by atoms with Gasteiger partial charge in [0.2, 0.25) is 5.91 Å². The first kappa shape index (κ1) is 24.0. The molecule has 3 aliphatic rings. The van der Waals surface area contributed by atoms with E-state index in [-0.39, 0.29) is 24.1 Å². The molecule has 1 unspecified atom stereocenters. The lowest BCUT2D eigenvalue weighted by molar-refractivity contribution is -0.113. The van der Waals surface area contributed by atoms with Crippen LogP contribution >= 0.6 is 11.8 Å². The van der Waals surface area contributed by atoms with Gasteiger partial charge in [-0.15, -0.1) is 11.8 Å². The predicted molar refractivity (Wildman–Crippen MR) is 143 cm³/mol. The molecule has 0 bridgehead atoms. The summed E-state index contributed by atoms with van der Waals surface area (Å²) in [5, 5.41) is 11.2. The lowest BCUT2D eigenvalue weighted by Gasteiger charge is -2.27. The number of aromatic nitrogens is 1. The molecule has 3 atom stereocenters. The number of ether oxygens (including phenoxy) is 2. The van der Waals surface area contributed by atoms with Crippen LogP contribution in [0.4, 0.5) is 16.2 Å². The summed E-state index contributed by atoms with van der Waals surface area (Å²) in [5.41, 5.74) is 3.55. The third kappa shape index (κ3) is 4.84. The van der Waals surface area contributed by atoms with Crippen LogP contribution in [0.25, 0.3) is 10.9 Å². The molecule has 9 nitrogen and oxygen atoms in total. The van der Waals surface area contributed by atoms with Crippen molar-refractivity contribution in [2.24, 2.45) is 5.92 Å². The van der Waals surface area contributed by atoms with Gasteiger partial charge in [0, 0.05) is 34.8 Å². The Balaban J connectivity index is 1.21. The number of benzene rings is 2. The summed E-state index contributed by atoms with van der Waals surface area (Å²) in [6, 6.07) is 13.8. The number of rotatable bonds is 7. The summed E-state index contributed by atoms with van der Waals surface area (Å²) in [7, 11) is 1.67. The Hall–Kier alpha value is -3.34. The number of thioether (sulfide) groups is 1. The molecule has 3 aliphatic heterocycles. The number of pyridine rings is 1. The summed E-state index contributed by atoms with van der Waals surface area (Å²) >= 11 is 1.50. The number of cyclic esters (lactones) is 1. The van der Waals surface area contributed by atoms with E-state index in [0.717, 1.165) is 52.4 Å². The second kappa shape index (κ2) is 10.2. The quantitative estimate of drug-likeness (QED) is 0.435. The number of nitrogens with one attached hydrogen (secondary N) is 3. The first-order valence-corrected chi connectivity index (χ1v) is 13.5. The maximum absolute atomic E-state index is 12.8. The topological polar surface area (TPSA) is 105 Å². The van der Waals surface area contributed by atoms with Crippen molar-refractivity contribution in [3.8, 4) is 5.75 Å². The molecule has 6 rings (SSSR count). The Labute approximate surface area is 219 Å². The smallest absolute Gasteiger partial charge is 0.414 e. The number of nitrogens with zero attached hydrogens (tertiary/aromatic N) is 2. The highest BCUT2D eigenvalue weighted by Crippen LogP contribution is 2.36. The van der Waals surface area contributed by atoms with Crippen molar-refractivity contribution in [2.75, 3.05) is 49.3 Å². The number of carbonyl (C=O) groups excluding carboxylic acids is 2. The summed E-state index contributed by atoms with van der Waals surface area (Å²) < 4.78 is 11.2. The number of fused-ring (bicyclic) bond motifs is 2. The SMILES string of the molecule is COc1ccc2nccc(C(NC[C@@H]3CN(c4ccc5c(c4)NC(=O)CS5)C(=O)O3)[C@H]3CCNC3)c2c1. The van der Waals surface area contributed by atoms with Crippen molar-refractivity contribution in [3.63, 3.8) is 0 Å². The predicted octanol–water partition coefficient (Wildman–Crippen LogP) is 3.55. The highest BCUT2D eigenvalue weighted by atomic mass is 32.2. The van der Waals surface area contributed by atoms with Crippen LogP contribution in [0.15, 0.2) is 53.6 Å². The van der Waals surface area contributed by atoms with E-state index in [1.165, 1.54) is 17.3 Å². The minimum atomic E-state index is -0.375. The number of anilines is 2. The van der Waals surface area contributed by atoms with Crippen LogP contribution in [0.1, 0.15) is 18.0 Å². The third-order valence-electron chi connectivity index (χ3n) is 7.23. The van der Waals surface area contributed by atoms with Crippen LogP contribution in [0.3, 0.4) is 0 Å². The van der Waals surface area contributed by atoms with E-state index in [4.69, 9.17) is 9.47 Å². The Morgan fingerprint density at radius 3 is 3.00 bits per heavy atom. The second-order valence-electron chi connectivity index (χ2n) is 9.56. The molecule has 3 aromatic rings. The molecule has 0 spiro atoms. The normalized spacial score (nSPS) is 22.0. The molecule has 0 saturated carbocycles. The molecular formula is C27H29N5O4S. The molecule has 1 aromatic heterocycles. The molecule has 4 heterocycles. The van der Waals surface area contributed by atoms with E-state index >= 15 is 0 Å². The Bertz CT molecular complexity index is 1350. The molecule has 2 saturated heterocycles. The highest BCUT2D eigenvalue weighted by molar-refractivity contribution is 8.00. The monoisotopic (exact) mass is 519 g/mol. The molecule has 2 aromatic carbocycles. The molecule has 2 fully saturated rings. The maximum Gasteiger partial charge on any atom is 0.414 e. The van der Waals surface area contributed by atoms with E-state index in [0.29, 0.717) is 24.8 Å². The van der Waals surface area contributed by atoms with Crippen LogP contribution in [0.5, 0.6) is 5.75 Å². The molecule has 10 heteroatoms. The first-order valence-electron chi connectivity index (χ1n) is 12.5. The zero-order valence-electron chi connectivity index (χ0n) is 20.5. The zero-order valence-corrected chi connectivity index (χ0v) is 21.3. The van der Waals surface area contributed by atoms with Gasteiger partial charge in [-0.1, -0.05) is 0 Å². The van der Waals surface area contributed by atoms with Gasteiger partial charge in [0.1, 0.15) is 11.9 Å². The van der Waals surface area contributed by atoms with Crippen molar-refractivity contribution >= 4 is 46.0 Å². The largest absolute Gasteiger partial charge is 0.497 e. The van der Waals surface area contributed by atoms with E-state index in [1.54, 1.807) is 12.0 Å². The zero-order chi connectivity index (χ0) is 25.4. The van der Waals surface area contributed by atoms with Gasteiger partial charge in [-0.2, -0.15) is 0 Å². The van der Waals surface area contributed by atoms with Crippen molar-refractivity contribution < 1.29 is 19.1 Å². The number of hydrogen-bond acceptors (Lipinski definition) is 8. The summed E-state index contributed by atoms with van der Waals surface area (Å²) in [5.74, 6) is 1.56. The van der Waals surface area contributed by atoms with Gasteiger partial charge in [-0.25, -0.2) is 4.79 Å². The fourth-order valence-corrected chi connectivity index (χ4v) is 6.16. The van der Waals surface area contributed by atoms with Gasteiger partial charge in [0.15, 0.2) is 0 Å². The Morgan fingerprint density at radius 2 is 2.16 bits per heavy atom. The van der Waals surface area contributed by atoms with Crippen LogP contribution in [0.2, 0.25) is 0 Å². The number of hydrogen-bond donors (Lipinski definition) is 3. The second-order valence-corrected chi connectivity index (χ2v) is 10.6. The molecular weight excluding hydrogens is 490 g/mol. The standard InChI is InChI=1S/C27H29N5O4S/c1-35-18-3-4-22-21(11-18)20(7-9-29-22)26(16-6-8-28-12-16)30-13-19-14-32(27(34)36-19)17-2-5-24-23(10-17)31-25(33)15-37-24/h2-5,7,9-11,16,19,26,28,30H,6,8,12-15H2,1H3,(H,31,33)/t16-,19+,26?/m0/s1. The summed E-state index contributed by atoms with van der Waals surface area (Å²) in [6.07, 6.45) is 2.23. The minimum Gasteiger partial charge on any atom is -0.497 e. The van der Waals surface area contributed by atoms with E-state index in [1.807, 2.05) is 42.6 Å². The summed E-state index contributed by atoms with van der Waals surface area (Å²) in [6.45, 7) is 2.86. The Kier molecular flexibility index (Phi) is 6.62. The van der Waals surface area contributed by atoms with Crippen LogP contribution in [0, 0.1) is 5.92 Å². The maximum atomic E-state index is 12.8. The number of carbonyl (C=O) groups is 2. The van der Waals surface area contributed by atoms with Crippen molar-refractivity contribution in [1.82, 2.24) is 15.6 Å². The highest BCUT2D eigenvalue weighted by Gasteiger charge is 2.35. The van der Waals surface area contributed by atoms with E-state index in [2.05, 4.69) is 27.0 Å². The number of amides is 2. The molecule has 2 amide bonds. The lowest BCUT2D eigenvalue weighted by atomic mass is 9.90. The van der Waals surface area contributed by atoms with Crippen molar-refractivity contribution in [2.45, 2.75) is 23.5 Å². The number of methoxy groups -OCH3 is 1. The van der Waals surface area contributed by atoms with Gasteiger partial charge in [0.25, 0.3) is 0 Å². The average molecular weight is 520 g/mol. The fourth-order valence-electron chi connectivity index (χ4n) is 5.37. The lowest BCUT2D eigenvalue weighted by Crippen LogP contribution is -2.37. The van der Waals surface area contributed by atoms with Gasteiger partial charge >= 0.3 is 6.09 Å². The van der Waals surface area contributed by atoms with E-state index < -0.39 is 0 Å². The Morgan fingerprint density at radius 1 is 1.24 bits per heavy atom. The van der Waals surface area contributed by atoms with Crippen molar-refractivity contribution in [1.29, 1.82) is 0 Å². The van der Waals surface area contributed by atoms with Crippen LogP contribution in [-0.2, 0) is 9.53 Å². The van der Waals surface area contributed by atoms with Gasteiger partial charge in [0.05, 0.1) is 30.6 Å². The summed E-state index contributed by atoms with van der Waals surface area (Å²) in [4.78, 5) is 31.8. The molecule has 0 aliphatic carbocycles. The molecule has 192 valence electrons. The van der Waals surface area contributed by atoms with Gasteiger partial charge in [-0.05, 0) is 73.5 Å². The fraction of sp³-hybridized carbons (Fsp3) is 0.370. The van der Waals surface area contributed by atoms with Gasteiger partial charge < -0.3 is 25.4 Å². The van der Waals surface area contributed by atoms with Crippen molar-refractivity contribution in [3.05, 3.63) is 54.2 Å². The van der Waals surface area contributed by atoms with Crippen LogP contribution in [-0.4, -0.2) is 62.1 Å². The molecule has 3 N–H and O–H groups in total. The third-order valence-corrected chi connectivity index (χ3v) is 8.31. The average Bonchev–Trinajstić information content (AvgIpc) is 3.58.